The van der Waals surface area contributed by atoms with Gasteiger partial charge in [-0.3, -0.25) is 0 Å². The van der Waals surface area contributed by atoms with Crippen LogP contribution in [0.1, 0.15) is 19.4 Å². The molecule has 2 heteroatoms. The van der Waals surface area contributed by atoms with Crippen LogP contribution in [0.25, 0.3) is 10.8 Å². The van der Waals surface area contributed by atoms with E-state index in [0.717, 1.165) is 22.1 Å². The van der Waals surface area contributed by atoms with E-state index in [2.05, 4.69) is 0 Å². The Morgan fingerprint density at radius 3 is 2.67 bits per heavy atom. The highest BCUT2D eigenvalue weighted by Gasteiger charge is 2.07. The van der Waals surface area contributed by atoms with Gasteiger partial charge in [0.25, 0.3) is 0 Å². The predicted molar refractivity (Wildman–Crippen MR) is 74.8 cm³/mol. The standard InChI is InChI=1S/C16H18O2/c1-12(2)9-10-18-16-8-7-13-5-3-4-6-14(13)15(16)11-17/h3-9,17H,10-11H2,1-2H3. The molecular formula is C16H18O2. The summed E-state index contributed by atoms with van der Waals surface area (Å²) in [5.41, 5.74) is 2.08. The van der Waals surface area contributed by atoms with Gasteiger partial charge in [0.1, 0.15) is 12.4 Å². The number of benzene rings is 2. The van der Waals surface area contributed by atoms with Gasteiger partial charge >= 0.3 is 0 Å². The topological polar surface area (TPSA) is 29.5 Å². The van der Waals surface area contributed by atoms with E-state index in [0.29, 0.717) is 6.61 Å². The quantitative estimate of drug-likeness (QED) is 0.829. The number of aliphatic hydroxyl groups is 1. The van der Waals surface area contributed by atoms with Gasteiger partial charge in [-0.25, -0.2) is 0 Å². The van der Waals surface area contributed by atoms with Crippen LogP contribution < -0.4 is 4.74 Å². The second-order valence-corrected chi connectivity index (χ2v) is 4.51. The summed E-state index contributed by atoms with van der Waals surface area (Å²) in [6, 6.07) is 12.0. The van der Waals surface area contributed by atoms with Crippen molar-refractivity contribution >= 4 is 10.8 Å². The molecule has 0 bridgehead atoms. The van der Waals surface area contributed by atoms with Crippen molar-refractivity contribution in [1.29, 1.82) is 0 Å². The van der Waals surface area contributed by atoms with Crippen LogP contribution in [0.2, 0.25) is 0 Å². The van der Waals surface area contributed by atoms with E-state index in [9.17, 15) is 5.11 Å². The van der Waals surface area contributed by atoms with Gasteiger partial charge in [-0.05, 0) is 36.8 Å². The fourth-order valence-corrected chi connectivity index (χ4v) is 1.91. The van der Waals surface area contributed by atoms with Gasteiger partial charge < -0.3 is 9.84 Å². The predicted octanol–water partition coefficient (Wildman–Crippen LogP) is 3.68. The number of allylic oxidation sites excluding steroid dienone is 1. The second-order valence-electron chi connectivity index (χ2n) is 4.51. The average molecular weight is 242 g/mol. The Balaban J connectivity index is 2.36. The van der Waals surface area contributed by atoms with E-state index in [4.69, 9.17) is 4.74 Å². The molecule has 2 nitrogen and oxygen atoms in total. The monoisotopic (exact) mass is 242 g/mol. The van der Waals surface area contributed by atoms with Crippen LogP contribution in [0.5, 0.6) is 5.75 Å². The number of rotatable bonds is 4. The summed E-state index contributed by atoms with van der Waals surface area (Å²) in [6.07, 6.45) is 2.02. The van der Waals surface area contributed by atoms with Crippen LogP contribution in [0.4, 0.5) is 0 Å². The third-order valence-corrected chi connectivity index (χ3v) is 2.89. The van der Waals surface area contributed by atoms with Gasteiger partial charge in [0.05, 0.1) is 6.61 Å². The van der Waals surface area contributed by atoms with Crippen LogP contribution in [0.3, 0.4) is 0 Å². The SMILES string of the molecule is CC(C)=CCOc1ccc2ccccc2c1CO. The lowest BCUT2D eigenvalue weighted by Crippen LogP contribution is -1.99. The molecule has 0 heterocycles. The van der Waals surface area contributed by atoms with Crippen LogP contribution in [-0.2, 0) is 6.61 Å². The highest BCUT2D eigenvalue weighted by Crippen LogP contribution is 2.28. The van der Waals surface area contributed by atoms with Crippen molar-refractivity contribution in [2.45, 2.75) is 20.5 Å². The minimum atomic E-state index is -0.00842. The maximum atomic E-state index is 9.53. The molecule has 0 aliphatic carbocycles. The van der Waals surface area contributed by atoms with Crippen LogP contribution in [-0.4, -0.2) is 11.7 Å². The first kappa shape index (κ1) is 12.7. The van der Waals surface area contributed by atoms with Gasteiger partial charge in [0.15, 0.2) is 0 Å². The molecule has 0 saturated heterocycles. The lowest BCUT2D eigenvalue weighted by molar-refractivity contribution is 0.271. The average Bonchev–Trinajstić information content (AvgIpc) is 2.38. The van der Waals surface area contributed by atoms with E-state index in [-0.39, 0.29) is 6.61 Å². The maximum absolute atomic E-state index is 9.53. The molecule has 2 aromatic carbocycles. The van der Waals surface area contributed by atoms with Gasteiger partial charge in [-0.2, -0.15) is 0 Å². The Kier molecular flexibility index (Phi) is 4.00. The molecular weight excluding hydrogens is 224 g/mol. The minimum Gasteiger partial charge on any atom is -0.489 e. The summed E-state index contributed by atoms with van der Waals surface area (Å²) in [4.78, 5) is 0. The van der Waals surface area contributed by atoms with Crippen LogP contribution >= 0.6 is 0 Å². The fraction of sp³-hybridized carbons (Fsp3) is 0.250. The summed E-state index contributed by atoms with van der Waals surface area (Å²) in [6.45, 7) is 4.60. The van der Waals surface area contributed by atoms with Crippen molar-refractivity contribution in [3.63, 3.8) is 0 Å². The molecule has 0 aliphatic rings. The molecule has 0 radical (unpaired) electrons. The number of ether oxygens (including phenoxy) is 1. The van der Waals surface area contributed by atoms with Crippen molar-refractivity contribution in [3.8, 4) is 5.75 Å². The van der Waals surface area contributed by atoms with E-state index >= 15 is 0 Å². The molecule has 0 spiro atoms. The smallest absolute Gasteiger partial charge is 0.125 e. The van der Waals surface area contributed by atoms with Crippen molar-refractivity contribution in [3.05, 3.63) is 53.6 Å². The molecule has 0 aromatic heterocycles. The maximum Gasteiger partial charge on any atom is 0.125 e. The largest absolute Gasteiger partial charge is 0.489 e. The molecule has 0 saturated carbocycles. The van der Waals surface area contributed by atoms with Gasteiger partial charge in [-0.15, -0.1) is 0 Å². The summed E-state index contributed by atoms with van der Waals surface area (Å²) in [5.74, 6) is 0.758. The molecule has 2 rings (SSSR count). The normalized spacial score (nSPS) is 10.4. The molecule has 18 heavy (non-hydrogen) atoms. The number of hydrogen-bond donors (Lipinski definition) is 1. The van der Waals surface area contributed by atoms with E-state index in [1.165, 1.54) is 5.57 Å². The van der Waals surface area contributed by atoms with E-state index in [1.807, 2.05) is 56.3 Å². The number of fused-ring (bicyclic) bond motifs is 1. The Morgan fingerprint density at radius 1 is 1.17 bits per heavy atom. The van der Waals surface area contributed by atoms with Gasteiger partial charge in [0, 0.05) is 5.56 Å². The van der Waals surface area contributed by atoms with Gasteiger partial charge in [0.2, 0.25) is 0 Å². The Labute approximate surface area is 108 Å². The first-order valence-electron chi connectivity index (χ1n) is 6.10. The van der Waals surface area contributed by atoms with E-state index in [1.54, 1.807) is 0 Å². The molecule has 0 amide bonds. The van der Waals surface area contributed by atoms with Crippen molar-refractivity contribution < 1.29 is 9.84 Å². The zero-order chi connectivity index (χ0) is 13.0. The number of hydrogen-bond acceptors (Lipinski definition) is 2. The Bertz CT molecular complexity index is 566. The molecule has 0 unspecified atom stereocenters. The Morgan fingerprint density at radius 2 is 1.94 bits per heavy atom. The Hall–Kier alpha value is -1.80. The molecule has 0 atom stereocenters. The van der Waals surface area contributed by atoms with Crippen molar-refractivity contribution in [2.24, 2.45) is 0 Å². The third-order valence-electron chi connectivity index (χ3n) is 2.89. The van der Waals surface area contributed by atoms with Crippen LogP contribution in [0, 0.1) is 0 Å². The summed E-state index contributed by atoms with van der Waals surface area (Å²) >= 11 is 0. The van der Waals surface area contributed by atoms with Crippen LogP contribution in [0.15, 0.2) is 48.0 Å². The lowest BCUT2D eigenvalue weighted by Gasteiger charge is -2.11. The molecule has 1 N–H and O–H groups in total. The number of aliphatic hydroxyl groups excluding tert-OH is 1. The zero-order valence-corrected chi connectivity index (χ0v) is 10.8. The highest BCUT2D eigenvalue weighted by atomic mass is 16.5. The lowest BCUT2D eigenvalue weighted by atomic mass is 10.0. The molecule has 2 aromatic rings. The third kappa shape index (κ3) is 2.71. The van der Waals surface area contributed by atoms with Gasteiger partial charge in [-0.1, -0.05) is 35.9 Å². The summed E-state index contributed by atoms with van der Waals surface area (Å²) in [7, 11) is 0. The molecule has 94 valence electrons. The van der Waals surface area contributed by atoms with E-state index < -0.39 is 0 Å². The highest BCUT2D eigenvalue weighted by molar-refractivity contribution is 5.87. The zero-order valence-electron chi connectivity index (χ0n) is 10.8. The summed E-state index contributed by atoms with van der Waals surface area (Å²) in [5, 5.41) is 11.7. The van der Waals surface area contributed by atoms with Crippen molar-refractivity contribution in [1.82, 2.24) is 0 Å². The molecule has 0 aliphatic heterocycles. The minimum absolute atomic E-state index is 0.00842. The fourth-order valence-electron chi connectivity index (χ4n) is 1.91. The van der Waals surface area contributed by atoms with Crippen molar-refractivity contribution in [2.75, 3.05) is 6.61 Å². The summed E-state index contributed by atoms with van der Waals surface area (Å²) < 4.78 is 5.71. The first-order chi connectivity index (χ1) is 8.72. The molecule has 0 fully saturated rings. The first-order valence-corrected chi connectivity index (χ1v) is 6.10. The second kappa shape index (κ2) is 5.69.